The zero-order valence-electron chi connectivity index (χ0n) is 12.0. The van der Waals surface area contributed by atoms with Crippen LogP contribution in [0.2, 0.25) is 0 Å². The number of methoxy groups -OCH3 is 2. The predicted octanol–water partition coefficient (Wildman–Crippen LogP) is 2.76. The van der Waals surface area contributed by atoms with E-state index in [4.69, 9.17) is 9.47 Å². The van der Waals surface area contributed by atoms with E-state index >= 15 is 0 Å². The van der Waals surface area contributed by atoms with E-state index in [1.54, 1.807) is 12.1 Å². The van der Waals surface area contributed by atoms with E-state index in [2.05, 4.69) is 0 Å². The molecule has 0 amide bonds. The molecule has 0 spiro atoms. The molecule has 0 aliphatic heterocycles. The number of ether oxygens (including phenoxy) is 2. The molecule has 1 aliphatic rings. The Morgan fingerprint density at radius 1 is 1.15 bits per heavy atom. The van der Waals surface area contributed by atoms with Gasteiger partial charge < -0.3 is 9.47 Å². The second kappa shape index (κ2) is 5.48. The number of hydrogen-bond donors (Lipinski definition) is 0. The molecule has 0 bridgehead atoms. The quantitative estimate of drug-likeness (QED) is 0.799. The van der Waals surface area contributed by atoms with Crippen LogP contribution in [0.4, 0.5) is 0 Å². The number of benzene rings is 1. The van der Waals surface area contributed by atoms with Crippen molar-refractivity contribution in [1.29, 1.82) is 0 Å². The van der Waals surface area contributed by atoms with Crippen LogP contribution in [0, 0.1) is 11.3 Å². The lowest BCUT2D eigenvalue weighted by Crippen LogP contribution is -2.07. The van der Waals surface area contributed by atoms with Gasteiger partial charge in [-0.2, -0.15) is 0 Å². The largest absolute Gasteiger partial charge is 0.469 e. The SMILES string of the molecule is COC(=O)c1ccccc1S[C@@H]1[C@H](C(=O)OC)C1(C)C. The fourth-order valence-corrected chi connectivity index (χ4v) is 4.03. The third kappa shape index (κ3) is 2.54. The van der Waals surface area contributed by atoms with Crippen LogP contribution in [-0.4, -0.2) is 31.4 Å². The Morgan fingerprint density at radius 3 is 2.40 bits per heavy atom. The standard InChI is InChI=1S/C15H18O4S/c1-15(2)11(14(17)19-4)12(15)20-10-8-6-5-7-9(10)13(16)18-3/h5-8,11-12H,1-4H3/t11-,12-/m1/s1. The molecule has 1 aromatic rings. The van der Waals surface area contributed by atoms with Gasteiger partial charge in [-0.25, -0.2) is 4.79 Å². The normalized spacial score (nSPS) is 23.0. The maximum atomic E-state index is 11.7. The van der Waals surface area contributed by atoms with Crippen LogP contribution >= 0.6 is 11.8 Å². The summed E-state index contributed by atoms with van der Waals surface area (Å²) in [5, 5.41) is 0.112. The minimum absolute atomic E-state index is 0.112. The number of hydrogen-bond acceptors (Lipinski definition) is 5. The highest BCUT2D eigenvalue weighted by Crippen LogP contribution is 2.61. The van der Waals surface area contributed by atoms with E-state index in [0.29, 0.717) is 5.56 Å². The molecule has 2 rings (SSSR count). The van der Waals surface area contributed by atoms with Crippen LogP contribution < -0.4 is 0 Å². The van der Waals surface area contributed by atoms with Crippen molar-refractivity contribution >= 4 is 23.7 Å². The number of carbonyl (C=O) groups excluding carboxylic acids is 2. The summed E-state index contributed by atoms with van der Waals surface area (Å²) in [6, 6.07) is 7.28. The van der Waals surface area contributed by atoms with Crippen LogP contribution in [0.1, 0.15) is 24.2 Å². The first-order valence-electron chi connectivity index (χ1n) is 6.35. The van der Waals surface area contributed by atoms with Gasteiger partial charge in [0.25, 0.3) is 0 Å². The second-order valence-electron chi connectivity index (χ2n) is 5.35. The maximum Gasteiger partial charge on any atom is 0.338 e. The molecule has 0 radical (unpaired) electrons. The van der Waals surface area contributed by atoms with Gasteiger partial charge in [-0.3, -0.25) is 4.79 Å². The topological polar surface area (TPSA) is 52.6 Å². The van der Waals surface area contributed by atoms with Crippen LogP contribution in [0.5, 0.6) is 0 Å². The van der Waals surface area contributed by atoms with E-state index < -0.39 is 0 Å². The molecule has 1 saturated carbocycles. The van der Waals surface area contributed by atoms with Crippen LogP contribution in [0.25, 0.3) is 0 Å². The van der Waals surface area contributed by atoms with Crippen LogP contribution in [0.15, 0.2) is 29.2 Å². The lowest BCUT2D eigenvalue weighted by Gasteiger charge is -2.07. The molecule has 1 aromatic carbocycles. The van der Waals surface area contributed by atoms with Gasteiger partial charge in [-0.05, 0) is 17.5 Å². The molecule has 1 fully saturated rings. The molecule has 0 saturated heterocycles. The summed E-state index contributed by atoms with van der Waals surface area (Å²) >= 11 is 1.54. The number of esters is 2. The highest BCUT2D eigenvalue weighted by molar-refractivity contribution is 8.00. The molecule has 108 valence electrons. The summed E-state index contributed by atoms with van der Waals surface area (Å²) in [4.78, 5) is 24.3. The Kier molecular flexibility index (Phi) is 4.09. The Hall–Kier alpha value is -1.49. The Labute approximate surface area is 122 Å². The first-order valence-corrected chi connectivity index (χ1v) is 7.23. The minimum Gasteiger partial charge on any atom is -0.469 e. The fraction of sp³-hybridized carbons (Fsp3) is 0.467. The van der Waals surface area contributed by atoms with Crippen molar-refractivity contribution in [3.63, 3.8) is 0 Å². The smallest absolute Gasteiger partial charge is 0.338 e. The van der Waals surface area contributed by atoms with Crippen molar-refractivity contribution in [2.75, 3.05) is 14.2 Å². The molecule has 0 unspecified atom stereocenters. The summed E-state index contributed by atoms with van der Waals surface area (Å²) in [5.41, 5.74) is 0.410. The Bertz CT molecular complexity index is 538. The predicted molar refractivity (Wildman–Crippen MR) is 76.7 cm³/mol. The molecule has 1 aliphatic carbocycles. The average molecular weight is 294 g/mol. The molecule has 0 N–H and O–H groups in total. The zero-order valence-corrected chi connectivity index (χ0v) is 12.8. The molecule has 2 atom stereocenters. The molecular formula is C15H18O4S. The van der Waals surface area contributed by atoms with Crippen molar-refractivity contribution in [2.24, 2.45) is 11.3 Å². The first kappa shape index (κ1) is 14.9. The third-order valence-electron chi connectivity index (χ3n) is 3.73. The van der Waals surface area contributed by atoms with Gasteiger partial charge in [-0.1, -0.05) is 26.0 Å². The van der Waals surface area contributed by atoms with Crippen molar-refractivity contribution in [3.05, 3.63) is 29.8 Å². The van der Waals surface area contributed by atoms with Crippen molar-refractivity contribution in [3.8, 4) is 0 Å². The Morgan fingerprint density at radius 2 is 1.80 bits per heavy atom. The van der Waals surface area contributed by atoms with E-state index in [1.165, 1.54) is 26.0 Å². The van der Waals surface area contributed by atoms with Gasteiger partial charge in [0.05, 0.1) is 25.7 Å². The zero-order chi connectivity index (χ0) is 14.9. The molecule has 4 nitrogen and oxygen atoms in total. The van der Waals surface area contributed by atoms with E-state index in [0.717, 1.165) is 4.90 Å². The molecule has 20 heavy (non-hydrogen) atoms. The van der Waals surface area contributed by atoms with Gasteiger partial charge in [-0.15, -0.1) is 11.8 Å². The third-order valence-corrected chi connectivity index (χ3v) is 5.47. The lowest BCUT2D eigenvalue weighted by atomic mass is 10.1. The van der Waals surface area contributed by atoms with E-state index in [9.17, 15) is 9.59 Å². The summed E-state index contributed by atoms with van der Waals surface area (Å²) in [6.45, 7) is 4.07. The minimum atomic E-state index is -0.360. The fourth-order valence-electron chi connectivity index (χ4n) is 2.35. The number of carbonyl (C=O) groups is 2. The molecule has 0 aromatic heterocycles. The van der Waals surface area contributed by atoms with Crippen molar-refractivity contribution in [1.82, 2.24) is 0 Å². The van der Waals surface area contributed by atoms with Crippen LogP contribution in [-0.2, 0) is 14.3 Å². The molecule has 0 heterocycles. The summed E-state index contributed by atoms with van der Waals surface area (Å²) in [7, 11) is 2.77. The Balaban J connectivity index is 2.20. The maximum absolute atomic E-state index is 11.7. The van der Waals surface area contributed by atoms with E-state index in [1.807, 2.05) is 26.0 Å². The molecular weight excluding hydrogens is 276 g/mol. The van der Waals surface area contributed by atoms with Gasteiger partial charge in [0.2, 0.25) is 0 Å². The average Bonchev–Trinajstić information content (AvgIpc) is 2.99. The first-order chi connectivity index (χ1) is 9.43. The van der Waals surface area contributed by atoms with Gasteiger partial charge in [0, 0.05) is 10.1 Å². The summed E-state index contributed by atoms with van der Waals surface area (Å²) < 4.78 is 9.62. The second-order valence-corrected chi connectivity index (χ2v) is 6.53. The summed E-state index contributed by atoms with van der Waals surface area (Å²) in [6.07, 6.45) is 0. The summed E-state index contributed by atoms with van der Waals surface area (Å²) in [5.74, 6) is -0.688. The van der Waals surface area contributed by atoms with E-state index in [-0.39, 0.29) is 28.5 Å². The molecule has 5 heteroatoms. The van der Waals surface area contributed by atoms with Crippen LogP contribution in [0.3, 0.4) is 0 Å². The van der Waals surface area contributed by atoms with Gasteiger partial charge in [0.1, 0.15) is 0 Å². The number of thioether (sulfide) groups is 1. The highest BCUT2D eigenvalue weighted by atomic mass is 32.2. The number of rotatable bonds is 4. The van der Waals surface area contributed by atoms with Gasteiger partial charge in [0.15, 0.2) is 0 Å². The van der Waals surface area contributed by atoms with Crippen molar-refractivity contribution < 1.29 is 19.1 Å². The monoisotopic (exact) mass is 294 g/mol. The van der Waals surface area contributed by atoms with Crippen molar-refractivity contribution in [2.45, 2.75) is 24.0 Å². The van der Waals surface area contributed by atoms with Gasteiger partial charge >= 0.3 is 11.9 Å². The highest BCUT2D eigenvalue weighted by Gasteiger charge is 2.63. The lowest BCUT2D eigenvalue weighted by molar-refractivity contribution is -0.142.